The fourth-order valence-electron chi connectivity index (χ4n) is 3.33. The highest BCUT2D eigenvalue weighted by Gasteiger charge is 2.27. The summed E-state index contributed by atoms with van der Waals surface area (Å²) >= 11 is 1.37. The second-order valence-corrected chi connectivity index (χ2v) is 7.81. The van der Waals surface area contributed by atoms with Crippen molar-refractivity contribution in [1.82, 2.24) is 14.8 Å². The molecule has 4 rings (SSSR count). The molecule has 2 aromatic carbocycles. The van der Waals surface area contributed by atoms with Crippen molar-refractivity contribution in [2.75, 3.05) is 7.11 Å². The summed E-state index contributed by atoms with van der Waals surface area (Å²) in [5.74, 6) is 1.11. The zero-order valence-electron chi connectivity index (χ0n) is 15.5. The van der Waals surface area contributed by atoms with Crippen LogP contribution in [-0.4, -0.2) is 32.9 Å². The number of para-hydroxylation sites is 1. The molecular weight excluding hydrogens is 377 g/mol. The molecular formula is C21H20FN3O2S. The lowest BCUT2D eigenvalue weighted by atomic mass is 9.99. The number of aromatic nitrogens is 3. The number of nitrogens with zero attached hydrogens (tertiary/aromatic N) is 3. The van der Waals surface area contributed by atoms with E-state index in [1.807, 2.05) is 24.3 Å². The molecule has 1 aliphatic carbocycles. The Hall–Kier alpha value is -2.67. The van der Waals surface area contributed by atoms with Gasteiger partial charge >= 0.3 is 0 Å². The second kappa shape index (κ2) is 8.14. The average Bonchev–Trinajstić information content (AvgIpc) is 3.13. The smallest absolute Gasteiger partial charge is 0.196 e. The van der Waals surface area contributed by atoms with Crippen LogP contribution in [-0.2, 0) is 4.79 Å². The molecule has 1 heterocycles. The summed E-state index contributed by atoms with van der Waals surface area (Å²) in [5.41, 5.74) is 1.16. The number of methoxy groups -OCH3 is 1. The molecule has 3 aromatic rings. The molecule has 7 heteroatoms. The lowest BCUT2D eigenvalue weighted by Crippen LogP contribution is -2.21. The monoisotopic (exact) mass is 397 g/mol. The van der Waals surface area contributed by atoms with E-state index < -0.39 is 0 Å². The van der Waals surface area contributed by atoms with E-state index in [0.717, 1.165) is 30.6 Å². The Balaban J connectivity index is 1.79. The summed E-state index contributed by atoms with van der Waals surface area (Å²) < 4.78 is 21.5. The van der Waals surface area contributed by atoms with E-state index in [1.54, 1.807) is 29.9 Å². The number of halogens is 1. The van der Waals surface area contributed by atoms with Crippen LogP contribution in [0.15, 0.2) is 53.7 Å². The summed E-state index contributed by atoms with van der Waals surface area (Å²) in [6.07, 6.45) is 3.36. The zero-order valence-corrected chi connectivity index (χ0v) is 16.3. The third kappa shape index (κ3) is 3.67. The van der Waals surface area contributed by atoms with Gasteiger partial charge in [-0.1, -0.05) is 30.3 Å². The molecule has 1 unspecified atom stereocenters. The number of carbonyl (C=O) groups is 1. The standard InChI is InChI=1S/C21H20FN3O2S/c1-27-15-12-10-14(11-13-15)20-23-24-21(28-19-9-5-4-8-18(19)26)25(20)17-7-3-2-6-16(17)22/h2-3,6-7,10-13,19H,4-5,8-9H2,1H3. The third-order valence-corrected chi connectivity index (χ3v) is 6.08. The Morgan fingerprint density at radius 3 is 2.61 bits per heavy atom. The van der Waals surface area contributed by atoms with Gasteiger partial charge < -0.3 is 4.74 Å². The molecule has 1 fully saturated rings. The van der Waals surface area contributed by atoms with Crippen LogP contribution in [0.25, 0.3) is 17.1 Å². The van der Waals surface area contributed by atoms with Crippen molar-refractivity contribution in [3.8, 4) is 22.8 Å². The number of ether oxygens (including phenoxy) is 1. The number of carbonyl (C=O) groups excluding carboxylic acids is 1. The van der Waals surface area contributed by atoms with Gasteiger partial charge in [-0.05, 0) is 49.2 Å². The Morgan fingerprint density at radius 1 is 1.11 bits per heavy atom. The number of Topliss-reactive ketones (excluding diaryl/α,β-unsaturated/α-hetero) is 1. The minimum atomic E-state index is -0.367. The summed E-state index contributed by atoms with van der Waals surface area (Å²) in [4.78, 5) is 12.3. The van der Waals surface area contributed by atoms with Gasteiger partial charge in [0.05, 0.1) is 18.0 Å². The van der Waals surface area contributed by atoms with Crippen LogP contribution in [0.2, 0.25) is 0 Å². The average molecular weight is 397 g/mol. The molecule has 144 valence electrons. The Morgan fingerprint density at radius 2 is 1.89 bits per heavy atom. The van der Waals surface area contributed by atoms with E-state index in [2.05, 4.69) is 10.2 Å². The van der Waals surface area contributed by atoms with Crippen LogP contribution in [0.1, 0.15) is 25.7 Å². The first-order valence-corrected chi connectivity index (χ1v) is 10.1. The molecule has 0 aliphatic heterocycles. The van der Waals surface area contributed by atoms with Crippen LogP contribution in [0.5, 0.6) is 5.75 Å². The van der Waals surface area contributed by atoms with E-state index >= 15 is 0 Å². The number of hydrogen-bond donors (Lipinski definition) is 0. The predicted molar refractivity (Wildman–Crippen MR) is 106 cm³/mol. The molecule has 0 bridgehead atoms. The molecule has 1 aliphatic rings. The topological polar surface area (TPSA) is 57.0 Å². The Kier molecular flexibility index (Phi) is 5.43. The Bertz CT molecular complexity index is 988. The van der Waals surface area contributed by atoms with E-state index in [9.17, 15) is 9.18 Å². The first kappa shape index (κ1) is 18.7. The van der Waals surface area contributed by atoms with Gasteiger partial charge in [-0.25, -0.2) is 4.39 Å². The summed E-state index contributed by atoms with van der Waals surface area (Å²) in [5, 5.41) is 8.99. The third-order valence-electron chi connectivity index (χ3n) is 4.82. The molecule has 1 saturated carbocycles. The molecule has 1 atom stereocenters. The second-order valence-electron chi connectivity index (χ2n) is 6.64. The van der Waals surface area contributed by atoms with Crippen LogP contribution < -0.4 is 4.74 Å². The van der Waals surface area contributed by atoms with Crippen LogP contribution in [0.3, 0.4) is 0 Å². The fourth-order valence-corrected chi connectivity index (χ4v) is 4.49. The number of ketones is 1. The molecule has 0 radical (unpaired) electrons. The van der Waals surface area contributed by atoms with Crippen LogP contribution >= 0.6 is 11.8 Å². The highest BCUT2D eigenvalue weighted by molar-refractivity contribution is 8.00. The SMILES string of the molecule is COc1ccc(-c2nnc(SC3CCCCC3=O)n2-c2ccccc2F)cc1. The molecule has 0 saturated heterocycles. The normalized spacial score (nSPS) is 16.9. The molecule has 1 aromatic heterocycles. The van der Waals surface area contributed by atoms with Gasteiger partial charge in [-0.3, -0.25) is 9.36 Å². The van der Waals surface area contributed by atoms with Crippen molar-refractivity contribution >= 4 is 17.5 Å². The maximum Gasteiger partial charge on any atom is 0.196 e. The summed E-state index contributed by atoms with van der Waals surface area (Å²) in [6.45, 7) is 0. The fraction of sp³-hybridized carbons (Fsp3) is 0.286. The summed E-state index contributed by atoms with van der Waals surface area (Å²) in [6, 6.07) is 13.9. The first-order valence-electron chi connectivity index (χ1n) is 9.21. The van der Waals surface area contributed by atoms with E-state index in [4.69, 9.17) is 4.74 Å². The highest BCUT2D eigenvalue weighted by atomic mass is 32.2. The van der Waals surface area contributed by atoms with Gasteiger partial charge in [0.15, 0.2) is 11.0 Å². The quantitative estimate of drug-likeness (QED) is 0.625. The minimum absolute atomic E-state index is 0.160. The van der Waals surface area contributed by atoms with Gasteiger partial charge in [0.1, 0.15) is 17.3 Å². The van der Waals surface area contributed by atoms with Crippen molar-refractivity contribution in [3.63, 3.8) is 0 Å². The predicted octanol–water partition coefficient (Wildman–Crippen LogP) is 4.69. The van der Waals surface area contributed by atoms with E-state index in [0.29, 0.717) is 23.1 Å². The molecule has 0 N–H and O–H groups in total. The van der Waals surface area contributed by atoms with Gasteiger partial charge in [0.2, 0.25) is 0 Å². The molecule has 0 amide bonds. The van der Waals surface area contributed by atoms with Gasteiger partial charge in [-0.2, -0.15) is 0 Å². The molecule has 5 nitrogen and oxygen atoms in total. The van der Waals surface area contributed by atoms with Crippen molar-refractivity contribution < 1.29 is 13.9 Å². The Labute approximate surface area is 166 Å². The van der Waals surface area contributed by atoms with Crippen molar-refractivity contribution in [2.24, 2.45) is 0 Å². The van der Waals surface area contributed by atoms with E-state index in [-0.39, 0.29) is 16.9 Å². The number of rotatable bonds is 5. The lowest BCUT2D eigenvalue weighted by molar-refractivity contribution is -0.119. The molecule has 28 heavy (non-hydrogen) atoms. The number of hydrogen-bond acceptors (Lipinski definition) is 5. The van der Waals surface area contributed by atoms with Gasteiger partial charge in [0.25, 0.3) is 0 Å². The first-order chi connectivity index (χ1) is 13.7. The zero-order chi connectivity index (χ0) is 19.5. The van der Waals surface area contributed by atoms with Crippen molar-refractivity contribution in [3.05, 3.63) is 54.3 Å². The van der Waals surface area contributed by atoms with E-state index in [1.165, 1.54) is 17.8 Å². The largest absolute Gasteiger partial charge is 0.497 e. The van der Waals surface area contributed by atoms with Gasteiger partial charge in [0, 0.05) is 12.0 Å². The lowest BCUT2D eigenvalue weighted by Gasteiger charge is -2.20. The maximum atomic E-state index is 14.6. The number of benzene rings is 2. The van der Waals surface area contributed by atoms with Crippen LogP contribution in [0.4, 0.5) is 4.39 Å². The molecule has 0 spiro atoms. The van der Waals surface area contributed by atoms with Crippen molar-refractivity contribution in [2.45, 2.75) is 36.1 Å². The highest BCUT2D eigenvalue weighted by Crippen LogP contribution is 2.35. The van der Waals surface area contributed by atoms with Crippen LogP contribution in [0, 0.1) is 5.82 Å². The maximum absolute atomic E-state index is 14.6. The summed E-state index contributed by atoms with van der Waals surface area (Å²) in [7, 11) is 1.60. The van der Waals surface area contributed by atoms with Gasteiger partial charge in [-0.15, -0.1) is 10.2 Å². The minimum Gasteiger partial charge on any atom is -0.497 e. The number of thioether (sulfide) groups is 1. The van der Waals surface area contributed by atoms with Crippen molar-refractivity contribution in [1.29, 1.82) is 0 Å².